The van der Waals surface area contributed by atoms with Gasteiger partial charge in [0.15, 0.2) is 0 Å². The first kappa shape index (κ1) is 23.2. The SMILES string of the molecule is CCCCCCCC/C=C\CCCCCCCC(=O)N1CCC(O)CC1. The van der Waals surface area contributed by atoms with Gasteiger partial charge in [-0.15, -0.1) is 0 Å². The third kappa shape index (κ3) is 12.5. The average Bonchev–Trinajstić information content (AvgIpc) is 2.65. The fourth-order valence-corrected chi connectivity index (χ4v) is 3.62. The molecule has 0 bridgehead atoms. The first-order chi connectivity index (χ1) is 12.7. The van der Waals surface area contributed by atoms with Crippen molar-refractivity contribution in [3.05, 3.63) is 12.2 Å². The molecule has 0 saturated carbocycles. The molecule has 1 saturated heterocycles. The highest BCUT2D eigenvalue weighted by Gasteiger charge is 2.20. The van der Waals surface area contributed by atoms with Crippen molar-refractivity contribution in [3.63, 3.8) is 0 Å². The molecule has 152 valence electrons. The molecular formula is C23H43NO2. The molecule has 0 aromatic carbocycles. The molecule has 1 aliphatic heterocycles. The van der Waals surface area contributed by atoms with Crippen LogP contribution in [0.1, 0.15) is 110 Å². The van der Waals surface area contributed by atoms with E-state index in [-0.39, 0.29) is 12.0 Å². The Hall–Kier alpha value is -0.830. The summed E-state index contributed by atoms with van der Waals surface area (Å²) in [4.78, 5) is 14.0. The molecule has 0 atom stereocenters. The topological polar surface area (TPSA) is 40.5 Å². The van der Waals surface area contributed by atoms with E-state index in [1.165, 1.54) is 77.0 Å². The van der Waals surface area contributed by atoms with E-state index >= 15 is 0 Å². The van der Waals surface area contributed by atoms with Crippen LogP contribution in [0.5, 0.6) is 0 Å². The van der Waals surface area contributed by atoms with Gasteiger partial charge in [0.05, 0.1) is 6.10 Å². The smallest absolute Gasteiger partial charge is 0.222 e. The Morgan fingerprint density at radius 2 is 1.35 bits per heavy atom. The quantitative estimate of drug-likeness (QED) is 0.285. The minimum absolute atomic E-state index is 0.195. The minimum atomic E-state index is -0.195. The standard InChI is InChI=1S/C23H43NO2/c1-2-3-4-5-6-7-8-9-10-11-12-13-14-15-16-17-23(26)24-20-18-22(25)19-21-24/h9-10,22,25H,2-8,11-21H2,1H3/b10-9-. The number of hydrogen-bond acceptors (Lipinski definition) is 2. The summed E-state index contributed by atoms with van der Waals surface area (Å²) in [6.07, 6.45) is 23.5. The minimum Gasteiger partial charge on any atom is -0.393 e. The van der Waals surface area contributed by atoms with Gasteiger partial charge < -0.3 is 10.0 Å². The molecule has 0 aromatic rings. The second kappa shape index (κ2) is 16.4. The molecule has 26 heavy (non-hydrogen) atoms. The molecular weight excluding hydrogens is 322 g/mol. The van der Waals surface area contributed by atoms with Crippen LogP contribution >= 0.6 is 0 Å². The summed E-state index contributed by atoms with van der Waals surface area (Å²) in [5.41, 5.74) is 0. The van der Waals surface area contributed by atoms with E-state index in [1.807, 2.05) is 4.90 Å². The van der Waals surface area contributed by atoms with Crippen LogP contribution in [0.3, 0.4) is 0 Å². The second-order valence-corrected chi connectivity index (χ2v) is 7.95. The van der Waals surface area contributed by atoms with Gasteiger partial charge in [0.1, 0.15) is 0 Å². The lowest BCUT2D eigenvalue weighted by molar-refractivity contribution is -0.133. The van der Waals surface area contributed by atoms with Gasteiger partial charge in [-0.1, -0.05) is 70.4 Å². The van der Waals surface area contributed by atoms with Gasteiger partial charge in [-0.05, 0) is 44.9 Å². The van der Waals surface area contributed by atoms with Crippen LogP contribution in [0.2, 0.25) is 0 Å². The number of allylic oxidation sites excluding steroid dienone is 2. The van der Waals surface area contributed by atoms with E-state index in [9.17, 15) is 9.90 Å². The molecule has 3 heteroatoms. The molecule has 0 unspecified atom stereocenters. The third-order valence-corrected chi connectivity index (χ3v) is 5.47. The summed E-state index contributed by atoms with van der Waals surface area (Å²) in [5, 5.41) is 9.48. The molecule has 1 rings (SSSR count). The van der Waals surface area contributed by atoms with E-state index in [0.717, 1.165) is 32.4 Å². The van der Waals surface area contributed by atoms with Crippen molar-refractivity contribution in [1.29, 1.82) is 0 Å². The van der Waals surface area contributed by atoms with E-state index in [0.29, 0.717) is 6.42 Å². The van der Waals surface area contributed by atoms with Crippen LogP contribution in [0.15, 0.2) is 12.2 Å². The molecule has 0 radical (unpaired) electrons. The normalized spacial score (nSPS) is 15.8. The number of rotatable bonds is 15. The number of likely N-dealkylation sites (tertiary alicyclic amines) is 1. The Labute approximate surface area is 162 Å². The van der Waals surface area contributed by atoms with Gasteiger partial charge in [-0.25, -0.2) is 0 Å². The zero-order valence-corrected chi connectivity index (χ0v) is 17.3. The lowest BCUT2D eigenvalue weighted by atomic mass is 10.1. The maximum Gasteiger partial charge on any atom is 0.222 e. The van der Waals surface area contributed by atoms with Gasteiger partial charge >= 0.3 is 0 Å². The summed E-state index contributed by atoms with van der Waals surface area (Å²) >= 11 is 0. The average molecular weight is 366 g/mol. The first-order valence-corrected chi connectivity index (χ1v) is 11.3. The van der Waals surface area contributed by atoms with Crippen molar-refractivity contribution < 1.29 is 9.90 Å². The van der Waals surface area contributed by atoms with Gasteiger partial charge in [0.2, 0.25) is 5.91 Å². The maximum atomic E-state index is 12.1. The van der Waals surface area contributed by atoms with Crippen molar-refractivity contribution in [2.75, 3.05) is 13.1 Å². The number of piperidine rings is 1. The highest BCUT2D eigenvalue weighted by molar-refractivity contribution is 5.76. The Bertz CT molecular complexity index is 359. The Morgan fingerprint density at radius 1 is 0.846 bits per heavy atom. The second-order valence-electron chi connectivity index (χ2n) is 7.95. The number of hydrogen-bond donors (Lipinski definition) is 1. The monoisotopic (exact) mass is 365 g/mol. The number of carbonyl (C=O) groups excluding carboxylic acids is 1. The largest absolute Gasteiger partial charge is 0.393 e. The van der Waals surface area contributed by atoms with E-state index in [1.54, 1.807) is 0 Å². The fourth-order valence-electron chi connectivity index (χ4n) is 3.62. The van der Waals surface area contributed by atoms with Gasteiger partial charge in [-0.2, -0.15) is 0 Å². The lowest BCUT2D eigenvalue weighted by Gasteiger charge is -2.29. The van der Waals surface area contributed by atoms with Crippen molar-refractivity contribution in [1.82, 2.24) is 4.90 Å². The predicted molar refractivity (Wildman–Crippen MR) is 111 cm³/mol. The zero-order valence-electron chi connectivity index (χ0n) is 17.3. The number of aliphatic hydroxyl groups excluding tert-OH is 1. The number of carbonyl (C=O) groups is 1. The lowest BCUT2D eigenvalue weighted by Crippen LogP contribution is -2.39. The predicted octanol–water partition coefficient (Wildman–Crippen LogP) is 6.01. The fraction of sp³-hybridized carbons (Fsp3) is 0.870. The molecule has 1 heterocycles. The van der Waals surface area contributed by atoms with Crippen LogP contribution in [0.4, 0.5) is 0 Å². The van der Waals surface area contributed by atoms with Gasteiger partial charge in [-0.3, -0.25) is 4.79 Å². The highest BCUT2D eigenvalue weighted by atomic mass is 16.3. The molecule has 0 spiro atoms. The summed E-state index contributed by atoms with van der Waals surface area (Å²) in [6.45, 7) is 3.75. The molecule has 1 aliphatic rings. The van der Waals surface area contributed by atoms with Crippen LogP contribution < -0.4 is 0 Å². The van der Waals surface area contributed by atoms with E-state index in [2.05, 4.69) is 19.1 Å². The van der Waals surface area contributed by atoms with Crippen molar-refractivity contribution in [2.24, 2.45) is 0 Å². The molecule has 3 nitrogen and oxygen atoms in total. The van der Waals surface area contributed by atoms with Crippen LogP contribution in [-0.2, 0) is 4.79 Å². The first-order valence-electron chi connectivity index (χ1n) is 11.3. The summed E-state index contributed by atoms with van der Waals surface area (Å²) in [5.74, 6) is 0.287. The summed E-state index contributed by atoms with van der Waals surface area (Å²) < 4.78 is 0. The number of amides is 1. The Kier molecular flexibility index (Phi) is 14.6. The zero-order chi connectivity index (χ0) is 18.9. The van der Waals surface area contributed by atoms with Crippen molar-refractivity contribution >= 4 is 5.91 Å². The van der Waals surface area contributed by atoms with Crippen LogP contribution in [0, 0.1) is 0 Å². The van der Waals surface area contributed by atoms with Crippen molar-refractivity contribution in [3.8, 4) is 0 Å². The summed E-state index contributed by atoms with van der Waals surface area (Å²) in [6, 6.07) is 0. The van der Waals surface area contributed by atoms with Crippen LogP contribution in [0.25, 0.3) is 0 Å². The molecule has 1 N–H and O–H groups in total. The van der Waals surface area contributed by atoms with Crippen molar-refractivity contribution in [2.45, 2.75) is 116 Å². The number of aliphatic hydroxyl groups is 1. The molecule has 1 fully saturated rings. The van der Waals surface area contributed by atoms with E-state index in [4.69, 9.17) is 0 Å². The maximum absolute atomic E-state index is 12.1. The van der Waals surface area contributed by atoms with Gasteiger partial charge in [0.25, 0.3) is 0 Å². The van der Waals surface area contributed by atoms with Crippen LogP contribution in [-0.4, -0.2) is 35.1 Å². The Morgan fingerprint density at radius 3 is 1.92 bits per heavy atom. The number of unbranched alkanes of at least 4 members (excludes halogenated alkanes) is 11. The third-order valence-electron chi connectivity index (χ3n) is 5.47. The molecule has 0 aromatic heterocycles. The summed E-state index contributed by atoms with van der Waals surface area (Å²) in [7, 11) is 0. The molecule has 0 aliphatic carbocycles. The Balaban J connectivity index is 1.81. The van der Waals surface area contributed by atoms with Gasteiger partial charge in [0, 0.05) is 19.5 Å². The van der Waals surface area contributed by atoms with E-state index < -0.39 is 0 Å². The number of nitrogens with zero attached hydrogens (tertiary/aromatic N) is 1. The molecule has 1 amide bonds. The highest BCUT2D eigenvalue weighted by Crippen LogP contribution is 2.14.